The largest absolute Gasteiger partial charge is 0.479 e. The zero-order chi connectivity index (χ0) is 22.0. The molecule has 0 atom stereocenters. The number of anilines is 1. The zero-order valence-electron chi connectivity index (χ0n) is 17.8. The summed E-state index contributed by atoms with van der Waals surface area (Å²) in [5, 5.41) is 12.0. The Balaban J connectivity index is 1.61. The van der Waals surface area contributed by atoms with Crippen molar-refractivity contribution in [1.82, 2.24) is 24.7 Å². The summed E-state index contributed by atoms with van der Waals surface area (Å²) in [6.07, 6.45) is 3.64. The second-order valence-electron chi connectivity index (χ2n) is 7.27. The summed E-state index contributed by atoms with van der Waals surface area (Å²) < 4.78 is 20.5. The Kier molecular flexibility index (Phi) is 5.62. The fourth-order valence-electron chi connectivity index (χ4n) is 3.27. The van der Waals surface area contributed by atoms with Gasteiger partial charge in [0, 0.05) is 12.7 Å². The minimum atomic E-state index is -0.253. The van der Waals surface area contributed by atoms with Crippen LogP contribution in [-0.2, 0) is 6.54 Å². The molecule has 1 N–H and O–H groups in total. The summed E-state index contributed by atoms with van der Waals surface area (Å²) in [4.78, 5) is 8.91. The summed E-state index contributed by atoms with van der Waals surface area (Å²) in [6, 6.07) is 10.2. The van der Waals surface area contributed by atoms with Gasteiger partial charge in [-0.05, 0) is 61.7 Å². The van der Waals surface area contributed by atoms with E-state index in [1.54, 1.807) is 25.6 Å². The highest BCUT2D eigenvalue weighted by molar-refractivity contribution is 5.65. The molecule has 0 unspecified atom stereocenters. The van der Waals surface area contributed by atoms with Crippen LogP contribution in [0.15, 0.2) is 48.9 Å². The van der Waals surface area contributed by atoms with Gasteiger partial charge < -0.3 is 14.6 Å². The van der Waals surface area contributed by atoms with E-state index in [9.17, 15) is 4.39 Å². The van der Waals surface area contributed by atoms with Crippen molar-refractivity contribution in [2.24, 2.45) is 0 Å². The first kappa shape index (κ1) is 20.5. The molecular weight excluding hydrogens is 395 g/mol. The third-order valence-electron chi connectivity index (χ3n) is 5.16. The van der Waals surface area contributed by atoms with Crippen molar-refractivity contribution < 1.29 is 9.13 Å². The molecule has 0 spiro atoms. The lowest BCUT2D eigenvalue weighted by molar-refractivity contribution is 0.396. The first-order valence-corrected chi connectivity index (χ1v) is 9.85. The van der Waals surface area contributed by atoms with Gasteiger partial charge in [-0.15, -0.1) is 10.2 Å². The van der Waals surface area contributed by atoms with Crippen molar-refractivity contribution in [1.29, 1.82) is 0 Å². The Morgan fingerprint density at radius 1 is 1.00 bits per heavy atom. The fraction of sp³-hybridized carbons (Fsp3) is 0.217. The van der Waals surface area contributed by atoms with E-state index >= 15 is 0 Å². The Labute approximate surface area is 180 Å². The van der Waals surface area contributed by atoms with Crippen LogP contribution in [0, 0.1) is 26.6 Å². The lowest BCUT2D eigenvalue weighted by atomic mass is 10.1. The molecule has 4 rings (SSSR count). The normalized spacial score (nSPS) is 10.9. The smallest absolute Gasteiger partial charge is 0.238 e. The van der Waals surface area contributed by atoms with Crippen LogP contribution < -0.4 is 10.1 Å². The molecule has 0 radical (unpaired) electrons. The first-order valence-electron chi connectivity index (χ1n) is 9.85. The standard InChI is InChI=1S/C23H23FN6O/c1-14-12-30(13-26-14)20-10-9-19(27-23(20)31-4)21-15(2)16(3)22(29-28-21)25-11-17-5-7-18(24)8-6-17/h5-10,12-13H,11H2,1-4H3,(H,25,29). The predicted molar refractivity (Wildman–Crippen MR) is 117 cm³/mol. The molecule has 0 fully saturated rings. The van der Waals surface area contributed by atoms with Gasteiger partial charge >= 0.3 is 0 Å². The summed E-state index contributed by atoms with van der Waals surface area (Å²) in [5.74, 6) is 0.910. The highest BCUT2D eigenvalue weighted by Crippen LogP contribution is 2.29. The topological polar surface area (TPSA) is 77.8 Å². The van der Waals surface area contributed by atoms with E-state index in [-0.39, 0.29) is 5.82 Å². The summed E-state index contributed by atoms with van der Waals surface area (Å²) >= 11 is 0. The number of nitrogens with zero attached hydrogens (tertiary/aromatic N) is 5. The van der Waals surface area contributed by atoms with E-state index in [1.165, 1.54) is 12.1 Å². The van der Waals surface area contributed by atoms with Gasteiger partial charge in [-0.1, -0.05) is 12.1 Å². The van der Waals surface area contributed by atoms with Crippen LogP contribution in [0.5, 0.6) is 5.88 Å². The number of nitrogens with one attached hydrogen (secondary N) is 1. The molecule has 0 amide bonds. The number of aryl methyl sites for hydroxylation is 1. The Morgan fingerprint density at radius 2 is 1.77 bits per heavy atom. The molecule has 0 aliphatic rings. The van der Waals surface area contributed by atoms with Crippen LogP contribution in [0.3, 0.4) is 0 Å². The van der Waals surface area contributed by atoms with Crippen molar-refractivity contribution in [3.8, 4) is 23.0 Å². The van der Waals surface area contributed by atoms with Gasteiger partial charge in [-0.25, -0.2) is 14.4 Å². The van der Waals surface area contributed by atoms with E-state index in [4.69, 9.17) is 4.74 Å². The molecule has 3 heterocycles. The van der Waals surface area contributed by atoms with Gasteiger partial charge in [0.1, 0.15) is 17.2 Å². The molecule has 0 aliphatic carbocycles. The third kappa shape index (κ3) is 4.23. The third-order valence-corrected chi connectivity index (χ3v) is 5.16. The van der Waals surface area contributed by atoms with Crippen molar-refractivity contribution >= 4 is 5.82 Å². The quantitative estimate of drug-likeness (QED) is 0.500. The molecule has 8 heteroatoms. The molecule has 158 valence electrons. The van der Waals surface area contributed by atoms with Gasteiger partial charge in [0.2, 0.25) is 5.88 Å². The van der Waals surface area contributed by atoms with E-state index in [1.807, 2.05) is 43.7 Å². The Morgan fingerprint density at radius 3 is 2.45 bits per heavy atom. The molecule has 1 aromatic carbocycles. The molecule has 0 bridgehead atoms. The second-order valence-corrected chi connectivity index (χ2v) is 7.27. The number of imidazole rings is 1. The number of benzene rings is 1. The average molecular weight is 418 g/mol. The van der Waals surface area contributed by atoms with Crippen molar-refractivity contribution in [3.63, 3.8) is 0 Å². The lowest BCUT2D eigenvalue weighted by Gasteiger charge is -2.14. The molecule has 0 saturated heterocycles. The molecule has 0 aliphatic heterocycles. The number of hydrogen-bond donors (Lipinski definition) is 1. The molecule has 0 saturated carbocycles. The van der Waals surface area contributed by atoms with Crippen LogP contribution in [0.25, 0.3) is 17.1 Å². The van der Waals surface area contributed by atoms with Crippen LogP contribution in [0.2, 0.25) is 0 Å². The maximum atomic E-state index is 13.1. The average Bonchev–Trinajstić information content (AvgIpc) is 3.21. The van der Waals surface area contributed by atoms with Gasteiger partial charge in [0.25, 0.3) is 0 Å². The molecule has 7 nitrogen and oxygen atoms in total. The highest BCUT2D eigenvalue weighted by Gasteiger charge is 2.16. The number of aromatic nitrogens is 5. The summed E-state index contributed by atoms with van der Waals surface area (Å²) in [5.41, 5.74) is 5.98. The maximum absolute atomic E-state index is 13.1. The Hall–Kier alpha value is -3.81. The number of methoxy groups -OCH3 is 1. The van der Waals surface area contributed by atoms with Crippen molar-refractivity contribution in [2.45, 2.75) is 27.3 Å². The van der Waals surface area contributed by atoms with Crippen LogP contribution >= 0.6 is 0 Å². The molecular formula is C23H23FN6O. The molecule has 4 aromatic rings. The number of hydrogen-bond acceptors (Lipinski definition) is 6. The fourth-order valence-corrected chi connectivity index (χ4v) is 3.27. The van der Waals surface area contributed by atoms with E-state index < -0.39 is 0 Å². The van der Waals surface area contributed by atoms with Crippen LogP contribution in [0.4, 0.5) is 10.2 Å². The second kappa shape index (κ2) is 8.51. The molecule has 3 aromatic heterocycles. The van der Waals surface area contributed by atoms with E-state index in [2.05, 4.69) is 25.5 Å². The van der Waals surface area contributed by atoms with Gasteiger partial charge in [0.15, 0.2) is 5.82 Å². The minimum Gasteiger partial charge on any atom is -0.479 e. The maximum Gasteiger partial charge on any atom is 0.238 e. The highest BCUT2D eigenvalue weighted by atomic mass is 19.1. The Bertz CT molecular complexity index is 1220. The molecule has 31 heavy (non-hydrogen) atoms. The minimum absolute atomic E-state index is 0.253. The monoisotopic (exact) mass is 418 g/mol. The summed E-state index contributed by atoms with van der Waals surface area (Å²) in [6.45, 7) is 6.43. The predicted octanol–water partition coefficient (Wildman–Crippen LogP) is 4.41. The van der Waals surface area contributed by atoms with E-state index in [0.29, 0.717) is 29.6 Å². The first-order chi connectivity index (χ1) is 15.0. The van der Waals surface area contributed by atoms with E-state index in [0.717, 1.165) is 28.1 Å². The van der Waals surface area contributed by atoms with Gasteiger partial charge in [0.05, 0.1) is 24.8 Å². The van der Waals surface area contributed by atoms with Crippen LogP contribution in [-0.4, -0.2) is 31.8 Å². The number of rotatable bonds is 6. The zero-order valence-corrected chi connectivity index (χ0v) is 17.8. The van der Waals surface area contributed by atoms with Gasteiger partial charge in [-0.2, -0.15) is 0 Å². The van der Waals surface area contributed by atoms with Crippen LogP contribution in [0.1, 0.15) is 22.4 Å². The lowest BCUT2D eigenvalue weighted by Crippen LogP contribution is -2.08. The number of halogens is 1. The summed E-state index contributed by atoms with van der Waals surface area (Å²) in [7, 11) is 1.59. The van der Waals surface area contributed by atoms with Crippen molar-refractivity contribution in [3.05, 3.63) is 77.1 Å². The van der Waals surface area contributed by atoms with Crippen molar-refractivity contribution in [2.75, 3.05) is 12.4 Å². The SMILES string of the molecule is COc1nc(-c2nnc(NCc3ccc(F)cc3)c(C)c2C)ccc1-n1cnc(C)c1. The number of pyridine rings is 1. The van der Waals surface area contributed by atoms with Gasteiger partial charge in [-0.3, -0.25) is 0 Å². The number of ether oxygens (including phenoxy) is 1.